The summed E-state index contributed by atoms with van der Waals surface area (Å²) < 4.78 is 0. The molecule has 1 heterocycles. The Balaban J connectivity index is 1.75. The molecule has 1 aromatic heterocycles. The Morgan fingerprint density at radius 2 is 1.54 bits per heavy atom. The number of nitrogens with zero attached hydrogens (tertiary/aromatic N) is 1. The molecule has 5 nitrogen and oxygen atoms in total. The molecule has 2 N–H and O–H groups in total. The maximum Gasteiger partial charge on any atom is 0.274 e. The van der Waals surface area contributed by atoms with Gasteiger partial charge in [0.15, 0.2) is 0 Å². The minimum Gasteiger partial charge on any atom is -0.348 e. The average molecular weight is 351 g/mol. The normalized spacial score (nSPS) is 14.3. The van der Waals surface area contributed by atoms with Gasteiger partial charge in [-0.15, -0.1) is 0 Å². The van der Waals surface area contributed by atoms with Crippen LogP contribution in [-0.4, -0.2) is 22.8 Å². The Kier molecular flexibility index (Phi) is 5.35. The first-order valence-corrected chi connectivity index (χ1v) is 9.11. The predicted octanol–water partition coefficient (Wildman–Crippen LogP) is 3.93. The fourth-order valence-corrected chi connectivity index (χ4v) is 3.57. The molecule has 5 heteroatoms. The van der Waals surface area contributed by atoms with E-state index in [1.807, 2.05) is 32.9 Å². The first-order valence-electron chi connectivity index (χ1n) is 9.11. The summed E-state index contributed by atoms with van der Waals surface area (Å²) in [7, 11) is 0. The average Bonchev–Trinajstić information content (AvgIpc) is 3.11. The molecular weight excluding hydrogens is 326 g/mol. The van der Waals surface area contributed by atoms with Gasteiger partial charge in [-0.3, -0.25) is 9.59 Å². The molecule has 2 amide bonds. The lowest BCUT2D eigenvalue weighted by atomic mass is 10.0. The first kappa shape index (κ1) is 18.1. The summed E-state index contributed by atoms with van der Waals surface area (Å²) >= 11 is 0. The van der Waals surface area contributed by atoms with Crippen molar-refractivity contribution in [3.63, 3.8) is 0 Å². The van der Waals surface area contributed by atoms with Gasteiger partial charge < -0.3 is 10.6 Å². The monoisotopic (exact) mass is 351 g/mol. The van der Waals surface area contributed by atoms with Gasteiger partial charge in [0.1, 0.15) is 11.4 Å². The second kappa shape index (κ2) is 7.68. The molecule has 1 saturated carbocycles. The van der Waals surface area contributed by atoms with Crippen LogP contribution in [0.15, 0.2) is 30.3 Å². The van der Waals surface area contributed by atoms with Gasteiger partial charge in [-0.25, -0.2) is 4.98 Å². The fraction of sp³-hybridized carbons (Fsp3) is 0.381. The zero-order valence-corrected chi connectivity index (χ0v) is 15.6. The predicted molar refractivity (Wildman–Crippen MR) is 103 cm³/mol. The molecule has 1 aromatic carbocycles. The van der Waals surface area contributed by atoms with Crippen LogP contribution in [-0.2, 0) is 0 Å². The highest BCUT2D eigenvalue weighted by molar-refractivity contribution is 6.04. The zero-order chi connectivity index (χ0) is 18.7. The van der Waals surface area contributed by atoms with Gasteiger partial charge in [-0.05, 0) is 56.9 Å². The molecule has 136 valence electrons. The third kappa shape index (κ3) is 4.10. The molecule has 1 aliphatic rings. The van der Waals surface area contributed by atoms with Crippen LogP contribution in [0.5, 0.6) is 0 Å². The smallest absolute Gasteiger partial charge is 0.274 e. The van der Waals surface area contributed by atoms with Crippen molar-refractivity contribution < 1.29 is 9.59 Å². The van der Waals surface area contributed by atoms with Crippen LogP contribution in [0, 0.1) is 20.8 Å². The van der Waals surface area contributed by atoms with E-state index >= 15 is 0 Å². The van der Waals surface area contributed by atoms with Gasteiger partial charge in [0, 0.05) is 11.7 Å². The van der Waals surface area contributed by atoms with Gasteiger partial charge in [-0.1, -0.05) is 36.6 Å². The fourth-order valence-electron chi connectivity index (χ4n) is 3.57. The van der Waals surface area contributed by atoms with Crippen molar-refractivity contribution in [2.75, 3.05) is 5.32 Å². The summed E-state index contributed by atoms with van der Waals surface area (Å²) in [6.07, 6.45) is 4.32. The van der Waals surface area contributed by atoms with Crippen molar-refractivity contribution >= 4 is 17.5 Å². The van der Waals surface area contributed by atoms with E-state index in [9.17, 15) is 9.59 Å². The Bertz CT molecular complexity index is 816. The van der Waals surface area contributed by atoms with Crippen LogP contribution in [0.3, 0.4) is 0 Å². The van der Waals surface area contributed by atoms with Gasteiger partial charge >= 0.3 is 0 Å². The molecular formula is C21H25N3O2. The minimum atomic E-state index is -0.310. The van der Waals surface area contributed by atoms with Gasteiger partial charge in [0.2, 0.25) is 0 Å². The number of hydrogen-bond donors (Lipinski definition) is 2. The van der Waals surface area contributed by atoms with E-state index < -0.39 is 0 Å². The van der Waals surface area contributed by atoms with E-state index in [4.69, 9.17) is 0 Å². The van der Waals surface area contributed by atoms with Crippen LogP contribution in [0.4, 0.5) is 5.69 Å². The van der Waals surface area contributed by atoms with Crippen LogP contribution >= 0.6 is 0 Å². The summed E-state index contributed by atoms with van der Waals surface area (Å²) in [6, 6.07) is 9.24. The number of hydrogen-bond acceptors (Lipinski definition) is 3. The Hall–Kier alpha value is -2.69. The molecule has 0 aliphatic heterocycles. The molecule has 0 saturated heterocycles. The first-order chi connectivity index (χ1) is 12.4. The van der Waals surface area contributed by atoms with Gasteiger partial charge in [0.05, 0.1) is 0 Å². The Morgan fingerprint density at radius 1 is 0.962 bits per heavy atom. The van der Waals surface area contributed by atoms with Crippen LogP contribution < -0.4 is 10.6 Å². The third-order valence-electron chi connectivity index (χ3n) is 4.82. The molecule has 0 bridgehead atoms. The lowest BCUT2D eigenvalue weighted by Gasteiger charge is -2.14. The number of rotatable bonds is 4. The second-order valence-electron chi connectivity index (χ2n) is 7.09. The van der Waals surface area contributed by atoms with Crippen molar-refractivity contribution in [3.05, 3.63) is 58.4 Å². The maximum atomic E-state index is 12.6. The van der Waals surface area contributed by atoms with Crippen LogP contribution in [0.1, 0.15) is 63.4 Å². The molecule has 1 aliphatic carbocycles. The van der Waals surface area contributed by atoms with Crippen LogP contribution in [0.2, 0.25) is 0 Å². The number of carbonyl (C=O) groups excluding carboxylic acids is 2. The van der Waals surface area contributed by atoms with Crippen molar-refractivity contribution in [1.82, 2.24) is 10.3 Å². The lowest BCUT2D eigenvalue weighted by Crippen LogP contribution is -2.33. The lowest BCUT2D eigenvalue weighted by molar-refractivity contribution is 0.0932. The van der Waals surface area contributed by atoms with E-state index in [1.165, 1.54) is 0 Å². The molecule has 0 radical (unpaired) electrons. The number of pyridine rings is 1. The summed E-state index contributed by atoms with van der Waals surface area (Å²) in [6.45, 7) is 5.96. The number of nitrogens with one attached hydrogen (secondary N) is 2. The third-order valence-corrected chi connectivity index (χ3v) is 4.82. The second-order valence-corrected chi connectivity index (χ2v) is 7.09. The maximum absolute atomic E-state index is 12.6. The summed E-state index contributed by atoms with van der Waals surface area (Å²) in [4.78, 5) is 29.3. The molecule has 2 aromatic rings. The number of anilines is 1. The summed E-state index contributed by atoms with van der Waals surface area (Å²) in [5.41, 5.74) is 4.48. The van der Waals surface area contributed by atoms with E-state index in [0.717, 1.165) is 48.1 Å². The summed E-state index contributed by atoms with van der Waals surface area (Å²) in [5.74, 6) is -0.523. The molecule has 1 fully saturated rings. The van der Waals surface area contributed by atoms with Gasteiger partial charge in [0.25, 0.3) is 11.8 Å². The largest absolute Gasteiger partial charge is 0.348 e. The number of aryl methyl sites for hydroxylation is 3. The van der Waals surface area contributed by atoms with Crippen molar-refractivity contribution in [2.24, 2.45) is 0 Å². The topological polar surface area (TPSA) is 71.1 Å². The van der Waals surface area contributed by atoms with Crippen molar-refractivity contribution in [2.45, 2.75) is 52.5 Å². The molecule has 3 rings (SSSR count). The number of aromatic nitrogens is 1. The zero-order valence-electron chi connectivity index (χ0n) is 15.6. The molecule has 0 unspecified atom stereocenters. The number of carbonyl (C=O) groups is 2. The standard InChI is InChI=1S/C21H25N3O2/c1-13-11-14(2)19(15(3)12-13)24-21(26)18-10-6-9-17(23-18)20(25)22-16-7-4-5-8-16/h6,9-12,16H,4-5,7-8H2,1-3H3,(H,22,25)(H,24,26). The highest BCUT2D eigenvalue weighted by atomic mass is 16.2. The van der Waals surface area contributed by atoms with Gasteiger partial charge in [-0.2, -0.15) is 0 Å². The molecule has 0 atom stereocenters. The SMILES string of the molecule is Cc1cc(C)c(NC(=O)c2cccc(C(=O)NC3CCCC3)n2)c(C)c1. The molecule has 0 spiro atoms. The Labute approximate surface area is 154 Å². The van der Waals surface area contributed by atoms with E-state index in [1.54, 1.807) is 18.2 Å². The van der Waals surface area contributed by atoms with E-state index in [-0.39, 0.29) is 29.2 Å². The molecule has 26 heavy (non-hydrogen) atoms. The highest BCUT2D eigenvalue weighted by Crippen LogP contribution is 2.22. The summed E-state index contributed by atoms with van der Waals surface area (Å²) in [5, 5.41) is 5.93. The van der Waals surface area contributed by atoms with E-state index in [0.29, 0.717) is 0 Å². The number of amides is 2. The Morgan fingerprint density at radius 3 is 2.15 bits per heavy atom. The van der Waals surface area contributed by atoms with E-state index in [2.05, 4.69) is 15.6 Å². The van der Waals surface area contributed by atoms with Crippen molar-refractivity contribution in [1.29, 1.82) is 0 Å². The quantitative estimate of drug-likeness (QED) is 0.877. The van der Waals surface area contributed by atoms with Crippen LogP contribution in [0.25, 0.3) is 0 Å². The van der Waals surface area contributed by atoms with Crippen molar-refractivity contribution in [3.8, 4) is 0 Å². The highest BCUT2D eigenvalue weighted by Gasteiger charge is 2.19. The number of benzene rings is 1. The minimum absolute atomic E-state index is 0.214.